The molecule has 0 aromatic heterocycles. The molecule has 0 saturated carbocycles. The summed E-state index contributed by atoms with van der Waals surface area (Å²) in [6, 6.07) is 3.10. The summed E-state index contributed by atoms with van der Waals surface area (Å²) in [7, 11) is 0.709. The van der Waals surface area contributed by atoms with Crippen molar-refractivity contribution in [3.05, 3.63) is 23.0 Å². The first-order valence-corrected chi connectivity index (χ1v) is 4.87. The highest BCUT2D eigenvalue weighted by atomic mass is 35.5. The van der Waals surface area contributed by atoms with Crippen LogP contribution in [0.5, 0.6) is 5.75 Å². The molecule has 1 aliphatic heterocycles. The van der Waals surface area contributed by atoms with Crippen LogP contribution in [-0.2, 0) is 9.31 Å². The predicted molar refractivity (Wildman–Crippen MR) is 55.3 cm³/mol. The third-order valence-electron chi connectivity index (χ3n) is 2.16. The van der Waals surface area contributed by atoms with Crippen LogP contribution in [0.1, 0.15) is 0 Å². The molecule has 0 bridgehead atoms. The molecule has 2 rings (SSSR count). The second kappa shape index (κ2) is 4.39. The standard InChI is InChI=1S/C9H9BClFO3/c1-13-9-7(11)3-2-6(8(9)12)10-14-4-5-15-10/h2-3H,4-5H2,1H3. The highest BCUT2D eigenvalue weighted by molar-refractivity contribution is 6.62. The summed E-state index contributed by atoms with van der Waals surface area (Å²) in [4.78, 5) is 0. The molecule has 1 aromatic carbocycles. The van der Waals surface area contributed by atoms with Crippen LogP contribution in [-0.4, -0.2) is 27.4 Å². The maximum atomic E-state index is 13.8. The molecule has 0 aliphatic carbocycles. The first-order valence-electron chi connectivity index (χ1n) is 4.49. The second-order valence-corrected chi connectivity index (χ2v) is 3.46. The molecule has 1 aliphatic rings. The Balaban J connectivity index is 2.39. The Bertz CT molecular complexity index is 369. The average Bonchev–Trinajstić information content (AvgIpc) is 2.71. The van der Waals surface area contributed by atoms with Gasteiger partial charge in [0.05, 0.1) is 25.3 Å². The summed E-state index contributed by atoms with van der Waals surface area (Å²) in [6.07, 6.45) is 0. The molecule has 15 heavy (non-hydrogen) atoms. The van der Waals surface area contributed by atoms with Crippen LogP contribution in [0.15, 0.2) is 12.1 Å². The van der Waals surface area contributed by atoms with Gasteiger partial charge >= 0.3 is 7.12 Å². The Labute approximate surface area is 92.2 Å². The van der Waals surface area contributed by atoms with Gasteiger partial charge in [0.2, 0.25) is 0 Å². The van der Waals surface area contributed by atoms with Gasteiger partial charge in [-0.15, -0.1) is 0 Å². The molecule has 0 spiro atoms. The maximum absolute atomic E-state index is 13.8. The quantitative estimate of drug-likeness (QED) is 0.715. The van der Waals surface area contributed by atoms with Crippen molar-refractivity contribution in [3.8, 4) is 5.75 Å². The number of methoxy groups -OCH3 is 1. The number of benzene rings is 1. The van der Waals surface area contributed by atoms with Gasteiger partial charge in [0.15, 0.2) is 11.6 Å². The van der Waals surface area contributed by atoms with E-state index in [-0.39, 0.29) is 10.8 Å². The third kappa shape index (κ3) is 1.95. The van der Waals surface area contributed by atoms with Gasteiger partial charge in [0, 0.05) is 5.46 Å². The molecule has 0 unspecified atom stereocenters. The summed E-state index contributed by atoms with van der Waals surface area (Å²) in [6.45, 7) is 0.935. The molecular weight excluding hydrogens is 221 g/mol. The predicted octanol–water partition coefficient (Wildman–Crippen LogP) is 1.23. The first-order chi connectivity index (χ1) is 7.24. The van der Waals surface area contributed by atoms with Crippen LogP contribution in [0.25, 0.3) is 0 Å². The minimum atomic E-state index is -0.656. The van der Waals surface area contributed by atoms with Crippen LogP contribution < -0.4 is 10.2 Å². The Morgan fingerprint density at radius 3 is 2.67 bits per heavy atom. The molecule has 0 amide bonds. The number of hydrogen-bond acceptors (Lipinski definition) is 3. The zero-order chi connectivity index (χ0) is 10.8. The van der Waals surface area contributed by atoms with Gasteiger partial charge in [-0.2, -0.15) is 0 Å². The van der Waals surface area contributed by atoms with E-state index in [4.69, 9.17) is 25.6 Å². The van der Waals surface area contributed by atoms with Gasteiger partial charge in [-0.1, -0.05) is 17.7 Å². The maximum Gasteiger partial charge on any atom is 0.497 e. The van der Waals surface area contributed by atoms with E-state index in [1.54, 1.807) is 6.07 Å². The lowest BCUT2D eigenvalue weighted by Gasteiger charge is -2.10. The summed E-state index contributed by atoms with van der Waals surface area (Å²) in [5.74, 6) is -0.509. The Morgan fingerprint density at radius 2 is 2.07 bits per heavy atom. The van der Waals surface area contributed by atoms with E-state index in [0.717, 1.165) is 0 Å². The fraction of sp³-hybridized carbons (Fsp3) is 0.333. The smallest absolute Gasteiger partial charge is 0.492 e. The average molecular weight is 230 g/mol. The van der Waals surface area contributed by atoms with E-state index >= 15 is 0 Å². The van der Waals surface area contributed by atoms with Crippen LogP contribution in [0.2, 0.25) is 5.02 Å². The molecule has 3 nitrogen and oxygen atoms in total. The molecule has 6 heteroatoms. The second-order valence-electron chi connectivity index (χ2n) is 3.06. The molecule has 80 valence electrons. The third-order valence-corrected chi connectivity index (χ3v) is 2.46. The van der Waals surface area contributed by atoms with Gasteiger partial charge in [0.1, 0.15) is 0 Å². The van der Waals surface area contributed by atoms with Crippen LogP contribution in [0.3, 0.4) is 0 Å². The fourth-order valence-corrected chi connectivity index (χ4v) is 1.68. The molecule has 1 saturated heterocycles. The largest absolute Gasteiger partial charge is 0.497 e. The highest BCUT2D eigenvalue weighted by Crippen LogP contribution is 2.26. The zero-order valence-electron chi connectivity index (χ0n) is 8.13. The Kier molecular flexibility index (Phi) is 3.14. The lowest BCUT2D eigenvalue weighted by molar-refractivity contribution is 0.365. The topological polar surface area (TPSA) is 27.7 Å². The van der Waals surface area contributed by atoms with Crippen molar-refractivity contribution >= 4 is 24.2 Å². The molecule has 1 heterocycles. The van der Waals surface area contributed by atoms with E-state index in [1.165, 1.54) is 13.2 Å². The van der Waals surface area contributed by atoms with Crippen molar-refractivity contribution in [1.29, 1.82) is 0 Å². The van der Waals surface area contributed by atoms with Crippen LogP contribution in [0.4, 0.5) is 4.39 Å². The van der Waals surface area contributed by atoms with Crippen molar-refractivity contribution < 1.29 is 18.4 Å². The zero-order valence-corrected chi connectivity index (χ0v) is 8.88. The number of halogens is 2. The number of rotatable bonds is 2. The van der Waals surface area contributed by atoms with Gasteiger partial charge < -0.3 is 14.0 Å². The van der Waals surface area contributed by atoms with E-state index in [2.05, 4.69) is 0 Å². The molecular formula is C9H9BClFO3. The fourth-order valence-electron chi connectivity index (χ4n) is 1.45. The van der Waals surface area contributed by atoms with Crippen LogP contribution in [0, 0.1) is 5.82 Å². The minimum Gasteiger partial charge on any atom is -0.492 e. The van der Waals surface area contributed by atoms with Crippen molar-refractivity contribution in [2.75, 3.05) is 20.3 Å². The lowest BCUT2D eigenvalue weighted by atomic mass is 9.79. The van der Waals surface area contributed by atoms with Gasteiger partial charge in [0.25, 0.3) is 0 Å². The Hall–Kier alpha value is -0.775. The molecule has 0 radical (unpaired) electrons. The summed E-state index contributed by atoms with van der Waals surface area (Å²) in [5, 5.41) is 0.233. The highest BCUT2D eigenvalue weighted by Gasteiger charge is 2.31. The molecule has 0 N–H and O–H groups in total. The van der Waals surface area contributed by atoms with E-state index in [9.17, 15) is 4.39 Å². The molecule has 0 atom stereocenters. The summed E-state index contributed by atoms with van der Waals surface area (Å²) in [5.41, 5.74) is 0.314. The normalized spacial score (nSPS) is 15.8. The van der Waals surface area contributed by atoms with E-state index in [0.29, 0.717) is 18.7 Å². The van der Waals surface area contributed by atoms with E-state index < -0.39 is 12.9 Å². The van der Waals surface area contributed by atoms with Crippen molar-refractivity contribution in [2.45, 2.75) is 0 Å². The number of hydrogen-bond donors (Lipinski definition) is 0. The summed E-state index contributed by atoms with van der Waals surface area (Å²) < 4.78 is 29.1. The van der Waals surface area contributed by atoms with Gasteiger partial charge in [-0.25, -0.2) is 4.39 Å². The number of ether oxygens (including phenoxy) is 1. The molecule has 1 aromatic rings. The van der Waals surface area contributed by atoms with Gasteiger partial charge in [-0.3, -0.25) is 0 Å². The van der Waals surface area contributed by atoms with Crippen molar-refractivity contribution in [3.63, 3.8) is 0 Å². The lowest BCUT2D eigenvalue weighted by Crippen LogP contribution is -2.34. The van der Waals surface area contributed by atoms with E-state index in [1.807, 2.05) is 0 Å². The SMILES string of the molecule is COc1c(Cl)ccc(B2OCCO2)c1F. The summed E-state index contributed by atoms with van der Waals surface area (Å²) >= 11 is 5.76. The van der Waals surface area contributed by atoms with Crippen molar-refractivity contribution in [2.24, 2.45) is 0 Å². The van der Waals surface area contributed by atoms with Crippen molar-refractivity contribution in [1.82, 2.24) is 0 Å². The first kappa shape index (κ1) is 10.7. The Morgan fingerprint density at radius 1 is 1.40 bits per heavy atom. The van der Waals surface area contributed by atoms with Gasteiger partial charge in [-0.05, 0) is 6.07 Å². The molecule has 1 fully saturated rings. The van der Waals surface area contributed by atoms with Crippen LogP contribution >= 0.6 is 11.6 Å². The minimum absolute atomic E-state index is 0.0215. The monoisotopic (exact) mass is 230 g/mol.